The summed E-state index contributed by atoms with van der Waals surface area (Å²) in [5.74, 6) is 0. The minimum atomic E-state index is -3.58. The average molecular weight is 300 g/mol. The van der Waals surface area contributed by atoms with Crippen molar-refractivity contribution in [3.63, 3.8) is 0 Å². The quantitative estimate of drug-likeness (QED) is 0.780. The van der Waals surface area contributed by atoms with Crippen LogP contribution in [0.5, 0.6) is 0 Å². The number of hydrogen-bond donors (Lipinski definition) is 2. The molecule has 1 aliphatic heterocycles. The van der Waals surface area contributed by atoms with Crippen molar-refractivity contribution in [3.05, 3.63) is 23.8 Å². The van der Waals surface area contributed by atoms with E-state index in [0.717, 1.165) is 0 Å². The fourth-order valence-electron chi connectivity index (χ4n) is 2.24. The highest BCUT2D eigenvalue weighted by molar-refractivity contribution is 7.89. The van der Waals surface area contributed by atoms with Gasteiger partial charge in [0.2, 0.25) is 10.0 Å². The summed E-state index contributed by atoms with van der Waals surface area (Å²) in [6.45, 7) is 2.88. The minimum absolute atomic E-state index is 0.190. The van der Waals surface area contributed by atoms with Crippen molar-refractivity contribution in [1.82, 2.24) is 4.72 Å². The van der Waals surface area contributed by atoms with Crippen LogP contribution in [-0.4, -0.2) is 40.9 Å². The van der Waals surface area contributed by atoms with Gasteiger partial charge in [0.15, 0.2) is 0 Å². The third-order valence-electron chi connectivity index (χ3n) is 3.57. The molecule has 7 heteroatoms. The molecule has 3 N–H and O–H groups in total. The number of nitrogens with one attached hydrogen (secondary N) is 1. The molecule has 112 valence electrons. The van der Waals surface area contributed by atoms with Gasteiger partial charge >= 0.3 is 0 Å². The standard InChI is InChI=1S/C13H20N2O4S/c1-10-7-11(14)3-4-12(10)20(16,17)15-8-13(18-2)5-6-19-9-13/h3-4,7,15H,5-6,8-9,14H2,1-2H3. The van der Waals surface area contributed by atoms with Crippen LogP contribution in [0.3, 0.4) is 0 Å². The first-order valence-corrected chi connectivity index (χ1v) is 7.86. The molecule has 0 saturated carbocycles. The normalized spacial score (nSPS) is 23.1. The Labute approximate surface area is 119 Å². The first kappa shape index (κ1) is 15.2. The number of sulfonamides is 1. The van der Waals surface area contributed by atoms with Gasteiger partial charge in [-0.3, -0.25) is 0 Å². The van der Waals surface area contributed by atoms with Crippen LogP contribution in [0.1, 0.15) is 12.0 Å². The molecule has 0 amide bonds. The molecule has 0 aliphatic carbocycles. The van der Waals surface area contributed by atoms with Crippen LogP contribution in [0, 0.1) is 6.92 Å². The first-order chi connectivity index (χ1) is 9.38. The smallest absolute Gasteiger partial charge is 0.240 e. The highest BCUT2D eigenvalue weighted by atomic mass is 32.2. The van der Waals surface area contributed by atoms with Crippen molar-refractivity contribution in [2.24, 2.45) is 0 Å². The van der Waals surface area contributed by atoms with Gasteiger partial charge in [-0.2, -0.15) is 0 Å². The first-order valence-electron chi connectivity index (χ1n) is 6.37. The second kappa shape index (κ2) is 5.69. The fraction of sp³-hybridized carbons (Fsp3) is 0.538. The number of anilines is 1. The van der Waals surface area contributed by atoms with Crippen LogP contribution in [0.2, 0.25) is 0 Å². The molecular formula is C13H20N2O4S. The molecule has 1 heterocycles. The van der Waals surface area contributed by atoms with Gasteiger partial charge in [0.25, 0.3) is 0 Å². The molecule has 1 saturated heterocycles. The zero-order chi connectivity index (χ0) is 14.8. The molecule has 1 aliphatic rings. The second-order valence-electron chi connectivity index (χ2n) is 5.04. The summed E-state index contributed by atoms with van der Waals surface area (Å²) < 4.78 is 38.0. The summed E-state index contributed by atoms with van der Waals surface area (Å²) in [6, 6.07) is 4.73. The predicted molar refractivity (Wildman–Crippen MR) is 76.0 cm³/mol. The van der Waals surface area contributed by atoms with Gasteiger partial charge in [-0.05, 0) is 30.7 Å². The van der Waals surface area contributed by atoms with E-state index in [9.17, 15) is 8.42 Å². The van der Waals surface area contributed by atoms with Crippen molar-refractivity contribution >= 4 is 15.7 Å². The average Bonchev–Trinajstić information content (AvgIpc) is 2.85. The molecule has 1 aromatic rings. The number of ether oxygens (including phenoxy) is 2. The SMILES string of the molecule is COC1(CNS(=O)(=O)c2ccc(N)cc2C)CCOC1. The Hall–Kier alpha value is -1.15. The van der Waals surface area contributed by atoms with E-state index in [-0.39, 0.29) is 11.4 Å². The van der Waals surface area contributed by atoms with Gasteiger partial charge in [-0.1, -0.05) is 0 Å². The van der Waals surface area contributed by atoms with E-state index < -0.39 is 15.6 Å². The molecule has 0 spiro atoms. The lowest BCUT2D eigenvalue weighted by atomic mass is 10.0. The Balaban J connectivity index is 2.15. The zero-order valence-electron chi connectivity index (χ0n) is 11.7. The summed E-state index contributed by atoms with van der Waals surface area (Å²) in [5, 5.41) is 0. The molecule has 1 atom stereocenters. The van der Waals surface area contributed by atoms with E-state index in [4.69, 9.17) is 15.2 Å². The fourth-order valence-corrected chi connectivity index (χ4v) is 3.58. The maximum Gasteiger partial charge on any atom is 0.240 e. The topological polar surface area (TPSA) is 90.7 Å². The minimum Gasteiger partial charge on any atom is -0.399 e. The maximum atomic E-state index is 12.3. The third kappa shape index (κ3) is 3.12. The maximum absolute atomic E-state index is 12.3. The Morgan fingerprint density at radius 2 is 2.25 bits per heavy atom. The molecular weight excluding hydrogens is 280 g/mol. The van der Waals surface area contributed by atoms with Crippen LogP contribution in [0.4, 0.5) is 5.69 Å². The summed E-state index contributed by atoms with van der Waals surface area (Å²) in [5.41, 5.74) is 6.22. The summed E-state index contributed by atoms with van der Waals surface area (Å²) in [6.07, 6.45) is 0.673. The Morgan fingerprint density at radius 3 is 2.80 bits per heavy atom. The largest absolute Gasteiger partial charge is 0.399 e. The van der Waals surface area contributed by atoms with Crippen molar-refractivity contribution < 1.29 is 17.9 Å². The van der Waals surface area contributed by atoms with Crippen LogP contribution < -0.4 is 10.5 Å². The molecule has 1 unspecified atom stereocenters. The van der Waals surface area contributed by atoms with Crippen molar-refractivity contribution in [2.45, 2.75) is 23.8 Å². The summed E-state index contributed by atoms with van der Waals surface area (Å²) in [7, 11) is -2.02. The Morgan fingerprint density at radius 1 is 1.50 bits per heavy atom. The number of nitrogens with two attached hydrogens (primary N) is 1. The van der Waals surface area contributed by atoms with E-state index in [1.165, 1.54) is 6.07 Å². The highest BCUT2D eigenvalue weighted by Crippen LogP contribution is 2.23. The lowest BCUT2D eigenvalue weighted by molar-refractivity contribution is -0.0120. The third-order valence-corrected chi connectivity index (χ3v) is 5.13. The molecule has 0 bridgehead atoms. The predicted octanol–water partition coefficient (Wildman–Crippen LogP) is 0.661. The monoisotopic (exact) mass is 300 g/mol. The van der Waals surface area contributed by atoms with Crippen LogP contribution >= 0.6 is 0 Å². The highest BCUT2D eigenvalue weighted by Gasteiger charge is 2.36. The van der Waals surface area contributed by atoms with Gasteiger partial charge < -0.3 is 15.2 Å². The van der Waals surface area contributed by atoms with E-state index >= 15 is 0 Å². The number of rotatable bonds is 5. The van der Waals surface area contributed by atoms with Crippen LogP contribution in [-0.2, 0) is 19.5 Å². The second-order valence-corrected chi connectivity index (χ2v) is 6.77. The van der Waals surface area contributed by atoms with Gasteiger partial charge in [0.1, 0.15) is 5.60 Å². The number of nitrogen functional groups attached to an aromatic ring is 1. The van der Waals surface area contributed by atoms with E-state index in [1.54, 1.807) is 26.2 Å². The lowest BCUT2D eigenvalue weighted by Gasteiger charge is -2.26. The van der Waals surface area contributed by atoms with Gasteiger partial charge in [-0.25, -0.2) is 13.1 Å². The summed E-state index contributed by atoms with van der Waals surface area (Å²) in [4.78, 5) is 0.233. The van der Waals surface area contributed by atoms with Gasteiger partial charge in [-0.15, -0.1) is 0 Å². The van der Waals surface area contributed by atoms with Crippen molar-refractivity contribution in [2.75, 3.05) is 32.6 Å². The van der Waals surface area contributed by atoms with Crippen LogP contribution in [0.25, 0.3) is 0 Å². The number of aryl methyl sites for hydroxylation is 1. The van der Waals surface area contributed by atoms with E-state index in [0.29, 0.717) is 30.9 Å². The number of hydrogen-bond acceptors (Lipinski definition) is 5. The van der Waals surface area contributed by atoms with E-state index in [1.807, 2.05) is 0 Å². The molecule has 2 rings (SSSR count). The Bertz CT molecular complexity index is 580. The lowest BCUT2D eigenvalue weighted by Crippen LogP contribution is -2.45. The van der Waals surface area contributed by atoms with Gasteiger partial charge in [0, 0.05) is 32.4 Å². The van der Waals surface area contributed by atoms with Gasteiger partial charge in [0.05, 0.1) is 11.5 Å². The molecule has 1 aromatic carbocycles. The Kier molecular flexibility index (Phi) is 4.33. The summed E-state index contributed by atoms with van der Waals surface area (Å²) >= 11 is 0. The molecule has 0 aromatic heterocycles. The van der Waals surface area contributed by atoms with E-state index in [2.05, 4.69) is 4.72 Å². The zero-order valence-corrected chi connectivity index (χ0v) is 12.5. The number of benzene rings is 1. The molecule has 20 heavy (non-hydrogen) atoms. The molecule has 6 nitrogen and oxygen atoms in total. The number of methoxy groups -OCH3 is 1. The van der Waals surface area contributed by atoms with Crippen molar-refractivity contribution in [3.8, 4) is 0 Å². The molecule has 1 fully saturated rings. The molecule has 0 radical (unpaired) electrons. The van der Waals surface area contributed by atoms with Crippen molar-refractivity contribution in [1.29, 1.82) is 0 Å². The van der Waals surface area contributed by atoms with Crippen LogP contribution in [0.15, 0.2) is 23.1 Å².